The van der Waals surface area contributed by atoms with Gasteiger partial charge in [-0.2, -0.15) is 0 Å². The molecule has 3 aromatic rings. The van der Waals surface area contributed by atoms with E-state index in [-0.39, 0.29) is 0 Å². The summed E-state index contributed by atoms with van der Waals surface area (Å²) in [5, 5.41) is 0.584. The number of aromatic nitrogens is 3. The number of halogens is 2. The molecule has 0 aliphatic carbocycles. The van der Waals surface area contributed by atoms with Gasteiger partial charge in [0.05, 0.1) is 10.5 Å². The molecule has 0 saturated carbocycles. The molecule has 0 aliphatic heterocycles. The van der Waals surface area contributed by atoms with Crippen molar-refractivity contribution >= 4 is 33.0 Å². The van der Waals surface area contributed by atoms with Gasteiger partial charge in [-0.1, -0.05) is 23.7 Å². The predicted molar refractivity (Wildman–Crippen MR) is 76.5 cm³/mol. The second-order valence-electron chi connectivity index (χ2n) is 3.87. The number of benzene rings is 1. The lowest BCUT2D eigenvalue weighted by Gasteiger charge is -2.06. The molecule has 0 radical (unpaired) electrons. The van der Waals surface area contributed by atoms with Gasteiger partial charge in [-0.25, -0.2) is 9.97 Å². The number of hydrogen-bond donors (Lipinski definition) is 0. The molecule has 0 bridgehead atoms. The maximum absolute atomic E-state index is 6.04. The van der Waals surface area contributed by atoms with Gasteiger partial charge in [0, 0.05) is 6.20 Å². The molecule has 4 nitrogen and oxygen atoms in total. The SMILES string of the molecule is Clc1ccccc1OCc1nc(Br)c2ccncn12. The van der Waals surface area contributed by atoms with E-state index in [0.717, 1.165) is 15.9 Å². The molecule has 0 unspecified atom stereocenters. The fraction of sp³-hybridized carbons (Fsp3) is 0.0769. The Morgan fingerprint density at radius 3 is 2.95 bits per heavy atom. The summed E-state index contributed by atoms with van der Waals surface area (Å²) in [4.78, 5) is 8.49. The fourth-order valence-electron chi connectivity index (χ4n) is 1.77. The highest BCUT2D eigenvalue weighted by molar-refractivity contribution is 9.10. The van der Waals surface area contributed by atoms with Gasteiger partial charge < -0.3 is 4.74 Å². The first-order valence-electron chi connectivity index (χ1n) is 5.59. The number of nitrogens with zero attached hydrogens (tertiary/aromatic N) is 3. The summed E-state index contributed by atoms with van der Waals surface area (Å²) in [6, 6.07) is 9.24. The van der Waals surface area contributed by atoms with E-state index in [4.69, 9.17) is 16.3 Å². The molecular formula is C13H9BrClN3O. The summed E-state index contributed by atoms with van der Waals surface area (Å²) in [5.74, 6) is 1.40. The average Bonchev–Trinajstić information content (AvgIpc) is 2.75. The Labute approximate surface area is 123 Å². The van der Waals surface area contributed by atoms with Crippen LogP contribution in [0.3, 0.4) is 0 Å². The molecule has 6 heteroatoms. The molecule has 0 atom stereocenters. The van der Waals surface area contributed by atoms with E-state index < -0.39 is 0 Å². The topological polar surface area (TPSA) is 39.4 Å². The summed E-state index contributed by atoms with van der Waals surface area (Å²) in [6.45, 7) is 0.322. The van der Waals surface area contributed by atoms with Gasteiger partial charge in [-0.3, -0.25) is 4.40 Å². The normalized spacial score (nSPS) is 10.8. The molecule has 19 heavy (non-hydrogen) atoms. The lowest BCUT2D eigenvalue weighted by molar-refractivity contribution is 0.295. The second-order valence-corrected chi connectivity index (χ2v) is 5.03. The molecule has 0 N–H and O–H groups in total. The van der Waals surface area contributed by atoms with Crippen molar-refractivity contribution < 1.29 is 4.74 Å². The Hall–Kier alpha value is -1.59. The second kappa shape index (κ2) is 5.19. The predicted octanol–water partition coefficient (Wildman–Crippen LogP) is 3.72. The maximum atomic E-state index is 6.04. The highest BCUT2D eigenvalue weighted by Crippen LogP contribution is 2.25. The van der Waals surface area contributed by atoms with Crippen LogP contribution in [-0.2, 0) is 6.61 Å². The third-order valence-electron chi connectivity index (χ3n) is 2.67. The largest absolute Gasteiger partial charge is 0.484 e. The molecule has 0 aliphatic rings. The minimum Gasteiger partial charge on any atom is -0.484 e. The van der Waals surface area contributed by atoms with Gasteiger partial charge in [0.15, 0.2) is 5.82 Å². The van der Waals surface area contributed by atoms with Gasteiger partial charge in [0.2, 0.25) is 0 Å². The number of rotatable bonds is 3. The van der Waals surface area contributed by atoms with Crippen LogP contribution in [0.25, 0.3) is 5.52 Å². The Kier molecular flexibility index (Phi) is 3.40. The third kappa shape index (κ3) is 2.43. The molecular weight excluding hydrogens is 330 g/mol. The minimum absolute atomic E-state index is 0.322. The molecule has 2 heterocycles. The molecule has 96 valence electrons. The van der Waals surface area contributed by atoms with Crippen LogP contribution >= 0.6 is 27.5 Å². The van der Waals surface area contributed by atoms with Crippen LogP contribution in [0, 0.1) is 0 Å². The van der Waals surface area contributed by atoms with Crippen LogP contribution in [-0.4, -0.2) is 14.4 Å². The van der Waals surface area contributed by atoms with E-state index in [0.29, 0.717) is 17.4 Å². The molecule has 3 rings (SSSR count). The summed E-state index contributed by atoms with van der Waals surface area (Å²) >= 11 is 9.46. The quantitative estimate of drug-likeness (QED) is 0.730. The Balaban J connectivity index is 1.88. The van der Waals surface area contributed by atoms with Crippen LogP contribution in [0.15, 0.2) is 47.5 Å². The van der Waals surface area contributed by atoms with Crippen molar-refractivity contribution in [2.45, 2.75) is 6.61 Å². The van der Waals surface area contributed by atoms with Crippen molar-refractivity contribution in [2.24, 2.45) is 0 Å². The molecule has 1 aromatic carbocycles. The zero-order valence-corrected chi connectivity index (χ0v) is 12.1. The van der Waals surface area contributed by atoms with E-state index in [9.17, 15) is 0 Å². The standard InChI is InChI=1S/C13H9BrClN3O/c14-13-10-5-6-16-8-18(10)12(17-13)7-19-11-4-2-1-3-9(11)15/h1-6,8H,7H2. The number of para-hydroxylation sites is 1. The van der Waals surface area contributed by atoms with E-state index in [1.165, 1.54) is 0 Å². The van der Waals surface area contributed by atoms with Gasteiger partial charge in [-0.15, -0.1) is 0 Å². The summed E-state index contributed by atoms with van der Waals surface area (Å²) in [7, 11) is 0. The number of imidazole rings is 1. The van der Waals surface area contributed by atoms with Crippen LogP contribution in [0.2, 0.25) is 5.02 Å². The van der Waals surface area contributed by atoms with Crippen LogP contribution in [0.5, 0.6) is 5.75 Å². The van der Waals surface area contributed by atoms with Crippen molar-refractivity contribution in [2.75, 3.05) is 0 Å². The van der Waals surface area contributed by atoms with E-state index in [2.05, 4.69) is 25.9 Å². The first-order chi connectivity index (χ1) is 9.25. The highest BCUT2D eigenvalue weighted by Gasteiger charge is 2.10. The van der Waals surface area contributed by atoms with Crippen LogP contribution in [0.4, 0.5) is 0 Å². The van der Waals surface area contributed by atoms with Crippen molar-refractivity contribution in [3.63, 3.8) is 0 Å². The lowest BCUT2D eigenvalue weighted by Crippen LogP contribution is -2.01. The van der Waals surface area contributed by atoms with Crippen LogP contribution < -0.4 is 4.74 Å². The first-order valence-corrected chi connectivity index (χ1v) is 6.76. The van der Waals surface area contributed by atoms with Gasteiger partial charge >= 0.3 is 0 Å². The monoisotopic (exact) mass is 337 g/mol. The summed E-state index contributed by atoms with van der Waals surface area (Å²) in [6.07, 6.45) is 3.43. The average molecular weight is 339 g/mol. The van der Waals surface area contributed by atoms with Gasteiger partial charge in [0.25, 0.3) is 0 Å². The Bertz CT molecular complexity index is 729. The first kappa shape index (κ1) is 12.4. The molecule has 2 aromatic heterocycles. The summed E-state index contributed by atoms with van der Waals surface area (Å²) < 4.78 is 8.33. The highest BCUT2D eigenvalue weighted by atomic mass is 79.9. The van der Waals surface area contributed by atoms with E-state index in [1.807, 2.05) is 28.7 Å². The van der Waals surface area contributed by atoms with Crippen molar-refractivity contribution in [3.8, 4) is 5.75 Å². The third-order valence-corrected chi connectivity index (χ3v) is 3.57. The van der Waals surface area contributed by atoms with Gasteiger partial charge in [0.1, 0.15) is 23.3 Å². The van der Waals surface area contributed by atoms with Gasteiger partial charge in [-0.05, 0) is 34.1 Å². The maximum Gasteiger partial charge on any atom is 0.153 e. The molecule has 0 fully saturated rings. The number of hydrogen-bond acceptors (Lipinski definition) is 3. The molecule has 0 spiro atoms. The summed E-state index contributed by atoms with van der Waals surface area (Å²) in [5.41, 5.74) is 0.952. The number of fused-ring (bicyclic) bond motifs is 1. The molecule has 0 amide bonds. The van der Waals surface area contributed by atoms with Crippen LogP contribution in [0.1, 0.15) is 5.82 Å². The zero-order chi connectivity index (χ0) is 13.2. The lowest BCUT2D eigenvalue weighted by atomic mass is 10.3. The smallest absolute Gasteiger partial charge is 0.153 e. The van der Waals surface area contributed by atoms with E-state index >= 15 is 0 Å². The van der Waals surface area contributed by atoms with Crippen molar-refractivity contribution in [1.82, 2.24) is 14.4 Å². The van der Waals surface area contributed by atoms with Crippen molar-refractivity contribution in [3.05, 3.63) is 58.3 Å². The molecule has 0 saturated heterocycles. The Morgan fingerprint density at radius 2 is 2.11 bits per heavy atom. The minimum atomic E-state index is 0.322. The Morgan fingerprint density at radius 1 is 1.26 bits per heavy atom. The van der Waals surface area contributed by atoms with E-state index in [1.54, 1.807) is 18.6 Å². The number of ether oxygens (including phenoxy) is 1. The fourth-order valence-corrected chi connectivity index (χ4v) is 2.48. The zero-order valence-electron chi connectivity index (χ0n) is 9.75. The van der Waals surface area contributed by atoms with Crippen molar-refractivity contribution in [1.29, 1.82) is 0 Å².